The summed E-state index contributed by atoms with van der Waals surface area (Å²) in [6.45, 7) is 0. The van der Waals surface area contributed by atoms with Crippen LogP contribution in [0.3, 0.4) is 0 Å². The van der Waals surface area contributed by atoms with E-state index in [0.29, 0.717) is 0 Å². The van der Waals surface area contributed by atoms with E-state index in [-0.39, 0.29) is 15.7 Å². The van der Waals surface area contributed by atoms with E-state index in [1.165, 1.54) is 0 Å². The highest BCUT2D eigenvalue weighted by Crippen LogP contribution is 2.62. The molecule has 3 nitrogen and oxygen atoms in total. The zero-order valence-electron chi connectivity index (χ0n) is 7.68. The van der Waals surface area contributed by atoms with Crippen LogP contribution in [0.25, 0.3) is 0 Å². The van der Waals surface area contributed by atoms with Crippen molar-refractivity contribution >= 4 is 29.2 Å². The molecule has 1 aromatic heterocycles. The average molecular weight is 268 g/mol. The Morgan fingerprint density at radius 1 is 1.50 bits per heavy atom. The highest BCUT2D eigenvalue weighted by molar-refractivity contribution is 6.34. The number of hydrogen-bond acceptors (Lipinski definition) is 2. The molecule has 16 heavy (non-hydrogen) atoms. The van der Waals surface area contributed by atoms with Crippen molar-refractivity contribution in [3.05, 3.63) is 28.0 Å². The van der Waals surface area contributed by atoms with Gasteiger partial charge in [-0.25, -0.2) is 13.8 Å². The van der Waals surface area contributed by atoms with Gasteiger partial charge in [0.15, 0.2) is 5.41 Å². The van der Waals surface area contributed by atoms with E-state index in [1.807, 2.05) is 0 Å². The minimum atomic E-state index is -3.29. The summed E-state index contributed by atoms with van der Waals surface area (Å²) in [5, 5.41) is 8.80. The van der Waals surface area contributed by atoms with Gasteiger partial charge in [0.2, 0.25) is 0 Å². The molecule has 0 aliphatic heterocycles. The van der Waals surface area contributed by atoms with Crippen LogP contribution in [0, 0.1) is 0 Å². The predicted molar refractivity (Wildman–Crippen MR) is 53.1 cm³/mol. The Kier molecular flexibility index (Phi) is 2.36. The van der Waals surface area contributed by atoms with E-state index in [2.05, 4.69) is 4.98 Å². The predicted octanol–water partition coefficient (Wildman–Crippen LogP) is 2.75. The molecule has 0 aromatic carbocycles. The van der Waals surface area contributed by atoms with Gasteiger partial charge in [0.05, 0.1) is 0 Å². The smallest absolute Gasteiger partial charge is 0.320 e. The van der Waals surface area contributed by atoms with E-state index in [4.69, 9.17) is 28.3 Å². The van der Waals surface area contributed by atoms with Gasteiger partial charge in [0.25, 0.3) is 5.92 Å². The number of carboxylic acids is 1. The van der Waals surface area contributed by atoms with Crippen molar-refractivity contribution < 1.29 is 18.7 Å². The van der Waals surface area contributed by atoms with Crippen LogP contribution in [0.4, 0.5) is 8.78 Å². The lowest BCUT2D eigenvalue weighted by Crippen LogP contribution is -2.27. The maximum Gasteiger partial charge on any atom is 0.320 e. The van der Waals surface area contributed by atoms with E-state index in [0.717, 1.165) is 12.3 Å². The van der Waals surface area contributed by atoms with Gasteiger partial charge in [-0.2, -0.15) is 0 Å². The van der Waals surface area contributed by atoms with Crippen molar-refractivity contribution in [2.45, 2.75) is 17.8 Å². The minimum absolute atomic E-state index is 0.0262. The van der Waals surface area contributed by atoms with Crippen molar-refractivity contribution in [3.63, 3.8) is 0 Å². The summed E-state index contributed by atoms with van der Waals surface area (Å²) in [6.07, 6.45) is 0.220. The molecular weight excluding hydrogens is 263 g/mol. The number of nitrogens with zero attached hydrogens (tertiary/aromatic N) is 1. The number of hydrogen-bond donors (Lipinski definition) is 1. The Balaban J connectivity index is 2.56. The third kappa shape index (κ3) is 1.38. The lowest BCUT2D eigenvalue weighted by atomic mass is 9.97. The number of aromatic nitrogens is 1. The first-order valence-electron chi connectivity index (χ1n) is 4.24. The zero-order chi connectivity index (χ0) is 12.1. The number of aliphatic carboxylic acids is 1. The maximum atomic E-state index is 13.2. The molecule has 1 fully saturated rings. The molecule has 2 rings (SSSR count). The second-order valence-electron chi connectivity index (χ2n) is 3.58. The summed E-state index contributed by atoms with van der Waals surface area (Å²) < 4.78 is 26.3. The molecule has 1 atom stereocenters. The monoisotopic (exact) mass is 267 g/mol. The average Bonchev–Trinajstić information content (AvgIpc) is 2.70. The molecule has 1 saturated carbocycles. The number of halogens is 4. The number of carboxylic acid groups (broad SMARTS) is 1. The molecule has 1 N–H and O–H groups in total. The largest absolute Gasteiger partial charge is 0.480 e. The maximum absolute atomic E-state index is 13.2. The Labute approximate surface area is 99.0 Å². The Morgan fingerprint density at radius 2 is 2.06 bits per heavy atom. The first kappa shape index (κ1) is 11.5. The van der Waals surface area contributed by atoms with Crippen LogP contribution in [0.2, 0.25) is 10.2 Å². The summed E-state index contributed by atoms with van der Waals surface area (Å²) in [5.74, 6) is -4.90. The molecule has 86 valence electrons. The fraction of sp³-hybridized carbons (Fsp3) is 0.333. The van der Waals surface area contributed by atoms with Crippen LogP contribution in [0.15, 0.2) is 12.3 Å². The van der Waals surface area contributed by atoms with Gasteiger partial charge in [-0.05, 0) is 6.07 Å². The molecule has 1 aliphatic carbocycles. The summed E-state index contributed by atoms with van der Waals surface area (Å²) in [4.78, 5) is 14.5. The number of rotatable bonds is 2. The molecule has 0 spiro atoms. The van der Waals surface area contributed by atoms with Crippen molar-refractivity contribution in [1.29, 1.82) is 0 Å². The standard InChI is InChI=1S/C9H5Cl2F2NO2/c10-5-1-6(11)14-2-4(5)8(7(15)16)3-9(8,12)13/h1-2H,3H2,(H,15,16). The van der Waals surface area contributed by atoms with Gasteiger partial charge >= 0.3 is 5.97 Å². The highest BCUT2D eigenvalue weighted by Gasteiger charge is 2.78. The van der Waals surface area contributed by atoms with Crippen LogP contribution in [0.1, 0.15) is 12.0 Å². The highest BCUT2D eigenvalue weighted by atomic mass is 35.5. The number of alkyl halides is 2. The number of pyridine rings is 1. The summed E-state index contributed by atoms with van der Waals surface area (Å²) in [7, 11) is 0. The zero-order valence-corrected chi connectivity index (χ0v) is 9.19. The van der Waals surface area contributed by atoms with Gasteiger partial charge in [-0.1, -0.05) is 23.2 Å². The molecule has 0 saturated heterocycles. The molecule has 1 unspecified atom stereocenters. The topological polar surface area (TPSA) is 50.2 Å². The minimum Gasteiger partial charge on any atom is -0.480 e. The quantitative estimate of drug-likeness (QED) is 0.839. The molecule has 0 amide bonds. The van der Waals surface area contributed by atoms with Gasteiger partial charge in [-0.3, -0.25) is 4.79 Å². The Bertz CT molecular complexity index is 481. The third-order valence-electron chi connectivity index (χ3n) is 2.63. The van der Waals surface area contributed by atoms with Crippen LogP contribution >= 0.6 is 23.2 Å². The molecule has 0 bridgehead atoms. The Hall–Kier alpha value is -0.940. The van der Waals surface area contributed by atoms with E-state index in [9.17, 15) is 13.6 Å². The van der Waals surface area contributed by atoms with Crippen molar-refractivity contribution in [3.8, 4) is 0 Å². The van der Waals surface area contributed by atoms with Crippen LogP contribution < -0.4 is 0 Å². The molecule has 7 heteroatoms. The van der Waals surface area contributed by atoms with E-state index in [1.54, 1.807) is 0 Å². The lowest BCUT2D eigenvalue weighted by Gasteiger charge is -2.12. The van der Waals surface area contributed by atoms with Crippen molar-refractivity contribution in [2.24, 2.45) is 0 Å². The van der Waals surface area contributed by atoms with Crippen molar-refractivity contribution in [2.75, 3.05) is 0 Å². The fourth-order valence-electron chi connectivity index (χ4n) is 1.65. The lowest BCUT2D eigenvalue weighted by molar-refractivity contribution is -0.142. The Morgan fingerprint density at radius 3 is 2.44 bits per heavy atom. The van der Waals surface area contributed by atoms with E-state index < -0.39 is 23.7 Å². The van der Waals surface area contributed by atoms with Crippen LogP contribution in [0.5, 0.6) is 0 Å². The second-order valence-corrected chi connectivity index (χ2v) is 4.37. The first-order chi connectivity index (χ1) is 7.31. The van der Waals surface area contributed by atoms with E-state index >= 15 is 0 Å². The third-order valence-corrected chi connectivity index (χ3v) is 3.15. The summed E-state index contributed by atoms with van der Waals surface area (Å²) >= 11 is 11.2. The van der Waals surface area contributed by atoms with Gasteiger partial charge < -0.3 is 5.11 Å². The van der Waals surface area contributed by atoms with Crippen LogP contribution in [-0.4, -0.2) is 22.0 Å². The first-order valence-corrected chi connectivity index (χ1v) is 4.99. The number of carbonyl (C=O) groups is 1. The molecule has 1 aliphatic rings. The normalized spacial score (nSPS) is 26.5. The SMILES string of the molecule is O=C(O)C1(c2cnc(Cl)cc2Cl)CC1(F)F. The second kappa shape index (κ2) is 3.28. The molecule has 0 radical (unpaired) electrons. The summed E-state index contributed by atoms with van der Waals surface area (Å²) in [5.41, 5.74) is -2.45. The van der Waals surface area contributed by atoms with Gasteiger partial charge in [0.1, 0.15) is 5.15 Å². The fourth-order valence-corrected chi connectivity index (χ4v) is 2.18. The van der Waals surface area contributed by atoms with Crippen molar-refractivity contribution in [1.82, 2.24) is 4.98 Å². The van der Waals surface area contributed by atoms with Crippen LogP contribution in [-0.2, 0) is 10.2 Å². The van der Waals surface area contributed by atoms with Gasteiger partial charge in [0, 0.05) is 23.2 Å². The molecular formula is C9H5Cl2F2NO2. The molecule has 1 aromatic rings. The summed E-state index contributed by atoms with van der Waals surface area (Å²) in [6, 6.07) is 1.15. The molecule has 1 heterocycles. The van der Waals surface area contributed by atoms with Gasteiger partial charge in [-0.15, -0.1) is 0 Å².